The van der Waals surface area contributed by atoms with E-state index in [0.717, 1.165) is 10.4 Å². The smallest absolute Gasteiger partial charge is 0.240 e. The van der Waals surface area contributed by atoms with Gasteiger partial charge in [0, 0.05) is 18.3 Å². The minimum absolute atomic E-state index is 0.0744. The van der Waals surface area contributed by atoms with Gasteiger partial charge in [-0.25, -0.2) is 13.1 Å². The predicted octanol–water partition coefficient (Wildman–Crippen LogP) is 2.25. The van der Waals surface area contributed by atoms with Gasteiger partial charge in [0.1, 0.15) is 0 Å². The van der Waals surface area contributed by atoms with E-state index >= 15 is 0 Å². The molecular weight excluding hydrogens is 332 g/mol. The van der Waals surface area contributed by atoms with E-state index in [1.165, 1.54) is 7.05 Å². The Morgan fingerprint density at radius 2 is 1.91 bits per heavy atom. The van der Waals surface area contributed by atoms with Crippen LogP contribution in [0.1, 0.15) is 16.9 Å². The number of carbonyl (C=O) groups excluding carboxylic acids is 1. The molecule has 0 atom stereocenters. The molecule has 0 spiro atoms. The lowest BCUT2D eigenvalue weighted by molar-refractivity contribution is -0.130. The maximum absolute atomic E-state index is 12.1. The number of nitrogens with zero attached hydrogens (tertiary/aromatic N) is 1. The summed E-state index contributed by atoms with van der Waals surface area (Å²) in [6, 6.07) is 10.6. The van der Waals surface area contributed by atoms with Crippen LogP contribution in [-0.2, 0) is 27.8 Å². The molecule has 124 valence electrons. The van der Waals surface area contributed by atoms with E-state index in [-0.39, 0.29) is 10.8 Å². The second-order valence-corrected chi connectivity index (χ2v) is 8.10. The van der Waals surface area contributed by atoms with Crippen molar-refractivity contribution in [1.29, 1.82) is 0 Å². The highest BCUT2D eigenvalue weighted by Gasteiger charge is 2.12. The molecule has 0 aliphatic rings. The highest BCUT2D eigenvalue weighted by Crippen LogP contribution is 2.14. The molecule has 0 fully saturated rings. The third-order valence-electron chi connectivity index (χ3n) is 3.53. The van der Waals surface area contributed by atoms with E-state index in [2.05, 4.69) is 4.72 Å². The van der Waals surface area contributed by atoms with Gasteiger partial charge in [-0.05, 0) is 42.6 Å². The Hall–Kier alpha value is -1.70. The lowest BCUT2D eigenvalue weighted by Crippen LogP contribution is -2.26. The van der Waals surface area contributed by atoms with Crippen LogP contribution in [-0.4, -0.2) is 33.3 Å². The van der Waals surface area contributed by atoms with Crippen LogP contribution in [0.15, 0.2) is 46.7 Å². The Balaban J connectivity index is 1.89. The molecule has 1 amide bonds. The van der Waals surface area contributed by atoms with Crippen LogP contribution < -0.4 is 4.72 Å². The summed E-state index contributed by atoms with van der Waals surface area (Å²) in [6.07, 6.45) is 0.994. The second-order valence-electron chi connectivity index (χ2n) is 5.18. The van der Waals surface area contributed by atoms with Crippen LogP contribution >= 0.6 is 11.3 Å². The number of rotatable bonds is 7. The largest absolute Gasteiger partial charge is 0.341 e. The van der Waals surface area contributed by atoms with Crippen molar-refractivity contribution in [2.24, 2.45) is 0 Å². The summed E-state index contributed by atoms with van der Waals surface area (Å²) in [5.41, 5.74) is 0.943. The first-order valence-electron chi connectivity index (χ1n) is 7.21. The minimum Gasteiger partial charge on any atom is -0.341 e. The molecule has 1 N–H and O–H groups in total. The average molecular weight is 352 g/mol. The van der Waals surface area contributed by atoms with Crippen LogP contribution in [0, 0.1) is 0 Å². The number of hydrogen-bond acceptors (Lipinski definition) is 4. The van der Waals surface area contributed by atoms with Crippen molar-refractivity contribution in [3.05, 3.63) is 52.2 Å². The van der Waals surface area contributed by atoms with Gasteiger partial charge in [-0.3, -0.25) is 4.79 Å². The number of thiophene rings is 1. The molecule has 2 rings (SSSR count). The number of hydrogen-bond donors (Lipinski definition) is 1. The Bertz CT molecular complexity index is 738. The predicted molar refractivity (Wildman–Crippen MR) is 91.8 cm³/mol. The van der Waals surface area contributed by atoms with Crippen molar-refractivity contribution < 1.29 is 13.2 Å². The fourth-order valence-corrected chi connectivity index (χ4v) is 3.61. The van der Waals surface area contributed by atoms with E-state index < -0.39 is 10.0 Å². The summed E-state index contributed by atoms with van der Waals surface area (Å²) in [5.74, 6) is 0.0744. The van der Waals surface area contributed by atoms with Crippen molar-refractivity contribution >= 4 is 27.3 Å². The van der Waals surface area contributed by atoms with E-state index in [4.69, 9.17) is 0 Å². The first-order chi connectivity index (χ1) is 10.9. The molecule has 0 saturated carbocycles. The van der Waals surface area contributed by atoms with Gasteiger partial charge >= 0.3 is 0 Å². The van der Waals surface area contributed by atoms with E-state index in [0.29, 0.717) is 19.4 Å². The standard InChI is InChI=1S/C16H20N2O3S2/c1-17-23(20,21)15-8-5-13(6-9-15)7-10-16(19)18(2)12-14-4-3-11-22-14/h3-6,8-9,11,17H,7,10,12H2,1-2H3. The van der Waals surface area contributed by atoms with E-state index in [1.54, 1.807) is 47.5 Å². The summed E-state index contributed by atoms with van der Waals surface area (Å²) >= 11 is 1.63. The van der Waals surface area contributed by atoms with Gasteiger partial charge in [-0.15, -0.1) is 11.3 Å². The Morgan fingerprint density at radius 1 is 1.22 bits per heavy atom. The van der Waals surface area contributed by atoms with Crippen LogP contribution in [0.4, 0.5) is 0 Å². The molecule has 5 nitrogen and oxygen atoms in total. The Morgan fingerprint density at radius 3 is 2.48 bits per heavy atom. The number of amides is 1. The summed E-state index contributed by atoms with van der Waals surface area (Å²) in [6.45, 7) is 0.621. The zero-order valence-corrected chi connectivity index (χ0v) is 14.8. The zero-order chi connectivity index (χ0) is 16.9. The molecule has 0 aliphatic carbocycles. The van der Waals surface area contributed by atoms with Gasteiger partial charge in [0.05, 0.1) is 11.4 Å². The molecular formula is C16H20N2O3S2. The number of carbonyl (C=O) groups is 1. The zero-order valence-electron chi connectivity index (χ0n) is 13.2. The van der Waals surface area contributed by atoms with Crippen LogP contribution in [0.3, 0.4) is 0 Å². The fourth-order valence-electron chi connectivity index (χ4n) is 2.12. The third-order valence-corrected chi connectivity index (χ3v) is 5.82. The van der Waals surface area contributed by atoms with Gasteiger partial charge in [0.25, 0.3) is 0 Å². The number of sulfonamides is 1. The highest BCUT2D eigenvalue weighted by atomic mass is 32.2. The van der Waals surface area contributed by atoms with Crippen molar-refractivity contribution in [2.75, 3.05) is 14.1 Å². The maximum Gasteiger partial charge on any atom is 0.240 e. The maximum atomic E-state index is 12.1. The minimum atomic E-state index is -3.41. The SMILES string of the molecule is CNS(=O)(=O)c1ccc(CCC(=O)N(C)Cc2cccs2)cc1. The molecule has 0 saturated heterocycles. The van der Waals surface area contributed by atoms with Gasteiger partial charge in [-0.2, -0.15) is 0 Å². The van der Waals surface area contributed by atoms with Crippen LogP contribution in [0.5, 0.6) is 0 Å². The molecule has 1 heterocycles. The molecule has 1 aromatic carbocycles. The quantitative estimate of drug-likeness (QED) is 0.831. The summed E-state index contributed by atoms with van der Waals surface area (Å²) < 4.78 is 25.6. The molecule has 0 unspecified atom stereocenters. The van der Waals surface area contributed by atoms with Gasteiger partial charge in [0.15, 0.2) is 0 Å². The van der Waals surface area contributed by atoms with Crippen molar-refractivity contribution in [1.82, 2.24) is 9.62 Å². The third kappa shape index (κ3) is 4.89. The summed E-state index contributed by atoms with van der Waals surface area (Å²) in [7, 11) is -0.236. The molecule has 2 aromatic rings. The first-order valence-corrected chi connectivity index (χ1v) is 9.57. The average Bonchev–Trinajstić information content (AvgIpc) is 3.05. The molecule has 1 aromatic heterocycles. The Labute approximate surface area is 141 Å². The normalized spacial score (nSPS) is 11.4. The number of benzene rings is 1. The second kappa shape index (κ2) is 7.72. The van der Waals surface area contributed by atoms with Crippen molar-refractivity contribution in [3.8, 4) is 0 Å². The van der Waals surface area contributed by atoms with Crippen molar-refractivity contribution in [2.45, 2.75) is 24.3 Å². The lowest BCUT2D eigenvalue weighted by Gasteiger charge is -2.16. The topological polar surface area (TPSA) is 66.5 Å². The molecule has 7 heteroatoms. The molecule has 23 heavy (non-hydrogen) atoms. The summed E-state index contributed by atoms with van der Waals surface area (Å²) in [5, 5.41) is 1.99. The monoisotopic (exact) mass is 352 g/mol. The lowest BCUT2D eigenvalue weighted by atomic mass is 10.1. The number of nitrogens with one attached hydrogen (secondary N) is 1. The molecule has 0 aliphatic heterocycles. The fraction of sp³-hybridized carbons (Fsp3) is 0.312. The Kier molecular flexibility index (Phi) is 5.92. The van der Waals surface area contributed by atoms with Gasteiger partial charge in [-0.1, -0.05) is 18.2 Å². The summed E-state index contributed by atoms with van der Waals surface area (Å²) in [4.78, 5) is 15.2. The van der Waals surface area contributed by atoms with Gasteiger partial charge in [0.2, 0.25) is 15.9 Å². The van der Waals surface area contributed by atoms with E-state index in [9.17, 15) is 13.2 Å². The molecule has 0 bridgehead atoms. The number of aryl methyl sites for hydroxylation is 1. The van der Waals surface area contributed by atoms with E-state index in [1.807, 2.05) is 17.5 Å². The highest BCUT2D eigenvalue weighted by molar-refractivity contribution is 7.89. The van der Waals surface area contributed by atoms with Crippen LogP contribution in [0.25, 0.3) is 0 Å². The van der Waals surface area contributed by atoms with Gasteiger partial charge < -0.3 is 4.90 Å². The van der Waals surface area contributed by atoms with Crippen LogP contribution in [0.2, 0.25) is 0 Å². The first kappa shape index (κ1) is 17.7. The van der Waals surface area contributed by atoms with Crippen molar-refractivity contribution in [3.63, 3.8) is 0 Å². The molecule has 0 radical (unpaired) electrons.